The zero-order valence-corrected chi connectivity index (χ0v) is 17.5. The number of nitrogens with zero attached hydrogens (tertiary/aromatic N) is 2. The zero-order valence-electron chi connectivity index (χ0n) is 17.5. The molecule has 2 N–H and O–H groups in total. The molecule has 0 unspecified atom stereocenters. The van der Waals surface area contributed by atoms with Crippen molar-refractivity contribution in [1.29, 1.82) is 0 Å². The average molecular weight is 395 g/mol. The Morgan fingerprint density at radius 2 is 1.86 bits per heavy atom. The van der Waals surface area contributed by atoms with Crippen molar-refractivity contribution in [1.82, 2.24) is 20.5 Å². The van der Waals surface area contributed by atoms with Gasteiger partial charge < -0.3 is 15.5 Å². The number of carbonyl (C=O) groups is 2. The summed E-state index contributed by atoms with van der Waals surface area (Å²) in [7, 11) is 0. The van der Waals surface area contributed by atoms with E-state index < -0.39 is 0 Å². The van der Waals surface area contributed by atoms with Crippen LogP contribution in [-0.4, -0.2) is 41.5 Å². The van der Waals surface area contributed by atoms with Gasteiger partial charge in [-0.25, -0.2) is 4.79 Å². The SMILES string of the molecule is CCNC(=O)N1CCC(c2nc(C)ccc2C(=O)NCc2cccc(C)c2)CC1. The highest BCUT2D eigenvalue weighted by Crippen LogP contribution is 2.29. The molecule has 6 nitrogen and oxygen atoms in total. The number of carbonyl (C=O) groups excluding carboxylic acids is 2. The Labute approximate surface area is 172 Å². The quantitative estimate of drug-likeness (QED) is 0.815. The number of nitrogens with one attached hydrogen (secondary N) is 2. The molecule has 1 aromatic heterocycles. The number of pyridine rings is 1. The first kappa shape index (κ1) is 20.8. The maximum atomic E-state index is 12.9. The monoisotopic (exact) mass is 394 g/mol. The lowest BCUT2D eigenvalue weighted by Gasteiger charge is -2.32. The summed E-state index contributed by atoms with van der Waals surface area (Å²) in [5, 5.41) is 5.88. The molecule has 0 bridgehead atoms. The number of aromatic nitrogens is 1. The summed E-state index contributed by atoms with van der Waals surface area (Å²) >= 11 is 0. The number of piperidine rings is 1. The lowest BCUT2D eigenvalue weighted by Crippen LogP contribution is -2.44. The smallest absolute Gasteiger partial charge is 0.317 e. The van der Waals surface area contributed by atoms with Gasteiger partial charge >= 0.3 is 6.03 Å². The van der Waals surface area contributed by atoms with Gasteiger partial charge in [0.2, 0.25) is 0 Å². The van der Waals surface area contributed by atoms with E-state index in [1.807, 2.05) is 56.0 Å². The van der Waals surface area contributed by atoms with E-state index in [9.17, 15) is 9.59 Å². The molecular formula is C23H30N4O2. The van der Waals surface area contributed by atoms with Gasteiger partial charge in [-0.05, 0) is 51.3 Å². The van der Waals surface area contributed by atoms with Crippen LogP contribution in [0.5, 0.6) is 0 Å². The largest absolute Gasteiger partial charge is 0.348 e. The van der Waals surface area contributed by atoms with Crippen molar-refractivity contribution in [2.75, 3.05) is 19.6 Å². The number of likely N-dealkylation sites (tertiary alicyclic amines) is 1. The highest BCUT2D eigenvalue weighted by molar-refractivity contribution is 5.95. The van der Waals surface area contributed by atoms with E-state index >= 15 is 0 Å². The van der Waals surface area contributed by atoms with Gasteiger partial charge in [0.1, 0.15) is 0 Å². The molecule has 2 heterocycles. The minimum Gasteiger partial charge on any atom is -0.348 e. The first-order chi connectivity index (χ1) is 14.0. The highest BCUT2D eigenvalue weighted by atomic mass is 16.2. The molecule has 1 aliphatic rings. The minimum absolute atomic E-state index is 0.0146. The fourth-order valence-electron chi connectivity index (χ4n) is 3.80. The predicted molar refractivity (Wildman–Crippen MR) is 114 cm³/mol. The van der Waals surface area contributed by atoms with Crippen molar-refractivity contribution in [2.24, 2.45) is 0 Å². The van der Waals surface area contributed by atoms with Crippen LogP contribution in [0.3, 0.4) is 0 Å². The molecule has 3 rings (SSSR count). The molecule has 0 aliphatic carbocycles. The lowest BCUT2D eigenvalue weighted by atomic mass is 9.90. The summed E-state index contributed by atoms with van der Waals surface area (Å²) < 4.78 is 0. The Hall–Kier alpha value is -2.89. The lowest BCUT2D eigenvalue weighted by molar-refractivity contribution is 0.0948. The number of benzene rings is 1. The molecular weight excluding hydrogens is 364 g/mol. The third kappa shape index (κ3) is 5.34. The van der Waals surface area contributed by atoms with Gasteiger partial charge in [0, 0.05) is 37.8 Å². The van der Waals surface area contributed by atoms with E-state index in [0.29, 0.717) is 31.7 Å². The van der Waals surface area contributed by atoms with E-state index in [2.05, 4.69) is 16.7 Å². The van der Waals surface area contributed by atoms with Crippen molar-refractivity contribution in [3.05, 3.63) is 64.5 Å². The first-order valence-electron chi connectivity index (χ1n) is 10.3. The van der Waals surface area contributed by atoms with E-state index in [4.69, 9.17) is 4.98 Å². The van der Waals surface area contributed by atoms with Crippen molar-refractivity contribution >= 4 is 11.9 Å². The number of aryl methyl sites for hydroxylation is 2. The molecule has 3 amide bonds. The molecule has 1 saturated heterocycles. The summed E-state index contributed by atoms with van der Waals surface area (Å²) in [5.74, 6) is 0.0838. The van der Waals surface area contributed by atoms with Crippen molar-refractivity contribution in [2.45, 2.75) is 46.1 Å². The molecule has 154 valence electrons. The van der Waals surface area contributed by atoms with Gasteiger partial charge in [0.25, 0.3) is 5.91 Å². The highest BCUT2D eigenvalue weighted by Gasteiger charge is 2.27. The Kier molecular flexibility index (Phi) is 6.86. The summed E-state index contributed by atoms with van der Waals surface area (Å²) in [4.78, 5) is 31.5. The second kappa shape index (κ2) is 9.54. The van der Waals surface area contributed by atoms with Crippen LogP contribution in [0.25, 0.3) is 0 Å². The van der Waals surface area contributed by atoms with Gasteiger partial charge in [0.05, 0.1) is 11.3 Å². The topological polar surface area (TPSA) is 74.3 Å². The molecule has 2 aromatic rings. The van der Waals surface area contributed by atoms with Gasteiger partial charge in [0.15, 0.2) is 0 Å². The molecule has 1 aromatic carbocycles. The summed E-state index contributed by atoms with van der Waals surface area (Å²) in [6.07, 6.45) is 1.62. The van der Waals surface area contributed by atoms with Crippen LogP contribution in [0.15, 0.2) is 36.4 Å². The predicted octanol–water partition coefficient (Wildman–Crippen LogP) is 3.54. The fraction of sp³-hybridized carbons (Fsp3) is 0.435. The molecule has 0 radical (unpaired) electrons. The Bertz CT molecular complexity index is 873. The second-order valence-electron chi connectivity index (χ2n) is 7.65. The Morgan fingerprint density at radius 1 is 1.10 bits per heavy atom. The maximum Gasteiger partial charge on any atom is 0.317 e. The molecule has 29 heavy (non-hydrogen) atoms. The molecule has 6 heteroatoms. The summed E-state index contributed by atoms with van der Waals surface area (Å²) in [6, 6.07) is 11.9. The number of urea groups is 1. The van der Waals surface area contributed by atoms with E-state index in [0.717, 1.165) is 29.8 Å². The van der Waals surface area contributed by atoms with Crippen LogP contribution in [0.2, 0.25) is 0 Å². The minimum atomic E-state index is -0.0971. The van der Waals surface area contributed by atoms with Gasteiger partial charge in [-0.15, -0.1) is 0 Å². The number of amides is 3. The maximum absolute atomic E-state index is 12.9. The van der Waals surface area contributed by atoms with Gasteiger partial charge in [-0.1, -0.05) is 29.8 Å². The van der Waals surface area contributed by atoms with Crippen molar-refractivity contribution in [3.8, 4) is 0 Å². The van der Waals surface area contributed by atoms with Crippen LogP contribution in [0, 0.1) is 13.8 Å². The Morgan fingerprint density at radius 3 is 2.55 bits per heavy atom. The molecule has 0 spiro atoms. The van der Waals surface area contributed by atoms with Crippen LogP contribution in [-0.2, 0) is 6.54 Å². The summed E-state index contributed by atoms with van der Waals surface area (Å²) in [5.41, 5.74) is 4.65. The van der Waals surface area contributed by atoms with Crippen LogP contribution >= 0.6 is 0 Å². The van der Waals surface area contributed by atoms with Gasteiger partial charge in [-0.3, -0.25) is 9.78 Å². The van der Waals surface area contributed by atoms with Crippen molar-refractivity contribution < 1.29 is 9.59 Å². The first-order valence-corrected chi connectivity index (χ1v) is 10.3. The molecule has 0 saturated carbocycles. The second-order valence-corrected chi connectivity index (χ2v) is 7.65. The van der Waals surface area contributed by atoms with Crippen molar-refractivity contribution in [3.63, 3.8) is 0 Å². The van der Waals surface area contributed by atoms with Crippen LogP contribution < -0.4 is 10.6 Å². The fourth-order valence-corrected chi connectivity index (χ4v) is 3.80. The van der Waals surface area contributed by atoms with Crippen LogP contribution in [0.4, 0.5) is 4.79 Å². The average Bonchev–Trinajstić information content (AvgIpc) is 2.72. The third-order valence-electron chi connectivity index (χ3n) is 5.34. The van der Waals surface area contributed by atoms with Crippen LogP contribution in [0.1, 0.15) is 58.6 Å². The zero-order chi connectivity index (χ0) is 20.8. The van der Waals surface area contributed by atoms with E-state index in [-0.39, 0.29) is 17.9 Å². The molecule has 1 aliphatic heterocycles. The number of rotatable bonds is 5. The molecule has 1 fully saturated rings. The van der Waals surface area contributed by atoms with E-state index in [1.165, 1.54) is 5.56 Å². The Balaban J connectivity index is 1.69. The van der Waals surface area contributed by atoms with E-state index in [1.54, 1.807) is 0 Å². The normalized spacial score (nSPS) is 14.5. The molecule has 0 atom stereocenters. The van der Waals surface area contributed by atoms with Gasteiger partial charge in [-0.2, -0.15) is 0 Å². The number of hydrogen-bond donors (Lipinski definition) is 2. The standard InChI is InChI=1S/C23H30N4O2/c1-4-24-23(29)27-12-10-19(11-13-27)21-20(9-8-17(3)26-21)22(28)25-15-18-7-5-6-16(2)14-18/h5-9,14,19H,4,10-13,15H2,1-3H3,(H,24,29)(H,25,28). The summed E-state index contributed by atoms with van der Waals surface area (Å²) in [6.45, 7) is 8.38. The number of hydrogen-bond acceptors (Lipinski definition) is 3. The third-order valence-corrected chi connectivity index (χ3v) is 5.34.